The molecule has 6 heteroatoms. The van der Waals surface area contributed by atoms with E-state index in [-0.39, 0.29) is 17.5 Å². The van der Waals surface area contributed by atoms with E-state index in [1.54, 1.807) is 54.6 Å². The van der Waals surface area contributed by atoms with Gasteiger partial charge in [-0.1, -0.05) is 35.9 Å². The molecule has 2 aromatic rings. The molecular weight excluding hydrogens is 328 g/mol. The van der Waals surface area contributed by atoms with Gasteiger partial charge in [0.2, 0.25) is 11.8 Å². The van der Waals surface area contributed by atoms with E-state index in [4.69, 9.17) is 16.3 Å². The summed E-state index contributed by atoms with van der Waals surface area (Å²) in [6.07, 6.45) is 1.61. The molecule has 5 nitrogen and oxygen atoms in total. The Bertz CT molecular complexity index is 870. The third-order valence-corrected chi connectivity index (χ3v) is 3.59. The number of aliphatic imine (C=N–C) groups is 1. The maximum absolute atomic E-state index is 12.0. The first-order valence-corrected chi connectivity index (χ1v) is 7.56. The van der Waals surface area contributed by atoms with E-state index in [2.05, 4.69) is 10.3 Å². The molecule has 1 amide bonds. The average molecular weight is 341 g/mol. The number of ether oxygens (including phenoxy) is 1. The van der Waals surface area contributed by atoms with Gasteiger partial charge < -0.3 is 10.1 Å². The van der Waals surface area contributed by atoms with Crippen LogP contribution in [0.3, 0.4) is 0 Å². The second-order valence-corrected chi connectivity index (χ2v) is 5.53. The van der Waals surface area contributed by atoms with E-state index in [1.165, 1.54) is 6.92 Å². The van der Waals surface area contributed by atoms with Gasteiger partial charge >= 0.3 is 5.97 Å². The van der Waals surface area contributed by atoms with Crippen molar-refractivity contribution in [3.05, 3.63) is 70.4 Å². The van der Waals surface area contributed by atoms with E-state index < -0.39 is 5.97 Å². The van der Waals surface area contributed by atoms with E-state index in [9.17, 15) is 9.59 Å². The third kappa shape index (κ3) is 3.52. The van der Waals surface area contributed by atoms with Gasteiger partial charge in [-0.15, -0.1) is 0 Å². The summed E-state index contributed by atoms with van der Waals surface area (Å²) in [4.78, 5) is 27.2. The fraction of sp³-hybridized carbons (Fsp3) is 0.0556. The molecule has 24 heavy (non-hydrogen) atoms. The number of nitrogens with one attached hydrogen (secondary N) is 1. The van der Waals surface area contributed by atoms with Crippen LogP contribution >= 0.6 is 11.6 Å². The van der Waals surface area contributed by atoms with Crippen LogP contribution in [0, 0.1) is 0 Å². The van der Waals surface area contributed by atoms with Crippen LogP contribution in [0.2, 0.25) is 5.02 Å². The summed E-state index contributed by atoms with van der Waals surface area (Å²) in [5.41, 5.74) is 2.20. The van der Waals surface area contributed by atoms with Gasteiger partial charge in [0.25, 0.3) is 0 Å². The van der Waals surface area contributed by atoms with Crippen LogP contribution in [-0.2, 0) is 14.3 Å². The zero-order chi connectivity index (χ0) is 17.1. The molecule has 0 bridgehead atoms. The van der Waals surface area contributed by atoms with Crippen LogP contribution in [0.4, 0.5) is 5.69 Å². The lowest BCUT2D eigenvalue weighted by Gasteiger charge is -2.01. The molecule has 0 radical (unpaired) electrons. The maximum atomic E-state index is 12.0. The fourth-order valence-corrected chi connectivity index (χ4v) is 2.40. The molecule has 1 N–H and O–H groups in total. The summed E-state index contributed by atoms with van der Waals surface area (Å²) >= 11 is 6.09. The Labute approximate surface area is 143 Å². The second kappa shape index (κ2) is 6.68. The van der Waals surface area contributed by atoms with Crippen LogP contribution in [0.1, 0.15) is 18.1 Å². The normalized spacial score (nSPS) is 15.2. The number of hydrogen-bond acceptors (Lipinski definition) is 4. The number of esters is 1. The Balaban J connectivity index is 1.86. The van der Waals surface area contributed by atoms with E-state index >= 15 is 0 Å². The quantitative estimate of drug-likeness (QED) is 0.685. The summed E-state index contributed by atoms with van der Waals surface area (Å²) in [7, 11) is 0. The van der Waals surface area contributed by atoms with Crippen molar-refractivity contribution >= 4 is 41.1 Å². The number of carbonyl (C=O) groups excluding carboxylic acids is 2. The summed E-state index contributed by atoms with van der Waals surface area (Å²) < 4.78 is 5.19. The molecule has 0 atom stereocenters. The van der Waals surface area contributed by atoms with Crippen molar-refractivity contribution in [3.63, 3.8) is 0 Å². The Kier molecular flexibility index (Phi) is 4.44. The number of amides is 1. The van der Waals surface area contributed by atoms with Crippen molar-refractivity contribution in [2.24, 2.45) is 4.99 Å². The number of benzene rings is 2. The van der Waals surface area contributed by atoms with Crippen molar-refractivity contribution < 1.29 is 14.3 Å². The Morgan fingerprint density at radius 3 is 2.54 bits per heavy atom. The predicted molar refractivity (Wildman–Crippen MR) is 92.8 cm³/mol. The molecule has 1 aliphatic rings. The number of rotatable bonds is 3. The molecule has 0 aromatic heterocycles. The van der Waals surface area contributed by atoms with Gasteiger partial charge in [0, 0.05) is 12.6 Å². The van der Waals surface area contributed by atoms with Crippen molar-refractivity contribution in [1.29, 1.82) is 0 Å². The minimum absolute atomic E-state index is 0.144. The van der Waals surface area contributed by atoms with Gasteiger partial charge in [-0.05, 0) is 35.9 Å². The highest BCUT2D eigenvalue weighted by atomic mass is 35.5. The Morgan fingerprint density at radius 2 is 1.88 bits per heavy atom. The van der Waals surface area contributed by atoms with Gasteiger partial charge in [0.15, 0.2) is 5.70 Å². The van der Waals surface area contributed by atoms with Crippen molar-refractivity contribution in [1.82, 2.24) is 0 Å². The number of carbonyl (C=O) groups is 2. The van der Waals surface area contributed by atoms with Gasteiger partial charge in [0.05, 0.1) is 10.6 Å². The Morgan fingerprint density at radius 1 is 1.17 bits per heavy atom. The molecular formula is C18H13ClN2O3. The van der Waals surface area contributed by atoms with Gasteiger partial charge in [-0.25, -0.2) is 9.79 Å². The lowest BCUT2D eigenvalue weighted by atomic mass is 10.1. The summed E-state index contributed by atoms with van der Waals surface area (Å²) in [6, 6.07) is 14.1. The molecule has 0 aliphatic carbocycles. The number of cyclic esters (lactones) is 1. The molecule has 1 aliphatic heterocycles. The largest absolute Gasteiger partial charge is 0.402 e. The third-order valence-electron chi connectivity index (χ3n) is 3.26. The molecule has 120 valence electrons. The molecule has 0 fully saturated rings. The minimum atomic E-state index is -0.532. The molecule has 3 rings (SSSR count). The SMILES string of the molecule is CC(=O)Nc1ccc(/C=C2\N=C(c3ccccc3Cl)OC2=O)cc1. The highest BCUT2D eigenvalue weighted by Crippen LogP contribution is 2.23. The molecule has 0 saturated carbocycles. The number of anilines is 1. The molecule has 2 aromatic carbocycles. The van der Waals surface area contributed by atoms with Gasteiger partial charge in [-0.2, -0.15) is 0 Å². The van der Waals surface area contributed by atoms with Gasteiger partial charge in [-0.3, -0.25) is 4.79 Å². The van der Waals surface area contributed by atoms with Crippen LogP contribution in [0.15, 0.2) is 59.2 Å². The minimum Gasteiger partial charge on any atom is -0.402 e. The van der Waals surface area contributed by atoms with E-state index in [1.807, 2.05) is 0 Å². The lowest BCUT2D eigenvalue weighted by Crippen LogP contribution is -2.06. The fourth-order valence-electron chi connectivity index (χ4n) is 2.18. The smallest absolute Gasteiger partial charge is 0.363 e. The molecule has 0 unspecified atom stereocenters. The summed E-state index contributed by atoms with van der Waals surface area (Å²) in [5.74, 6) is -0.489. The monoisotopic (exact) mass is 340 g/mol. The highest BCUT2D eigenvalue weighted by Gasteiger charge is 2.25. The zero-order valence-corrected chi connectivity index (χ0v) is 13.5. The number of halogens is 1. The van der Waals surface area contributed by atoms with Crippen molar-refractivity contribution in [2.75, 3.05) is 5.32 Å². The Hall–Kier alpha value is -2.92. The average Bonchev–Trinajstić information content (AvgIpc) is 2.90. The topological polar surface area (TPSA) is 67.8 Å². The van der Waals surface area contributed by atoms with Crippen molar-refractivity contribution in [2.45, 2.75) is 6.92 Å². The molecule has 1 heterocycles. The maximum Gasteiger partial charge on any atom is 0.363 e. The second-order valence-electron chi connectivity index (χ2n) is 5.12. The van der Waals surface area contributed by atoms with Crippen molar-refractivity contribution in [3.8, 4) is 0 Å². The number of hydrogen-bond donors (Lipinski definition) is 1. The summed E-state index contributed by atoms with van der Waals surface area (Å²) in [5, 5.41) is 3.14. The zero-order valence-electron chi connectivity index (χ0n) is 12.7. The standard InChI is InChI=1S/C18H13ClN2O3/c1-11(22)20-13-8-6-12(7-9-13)10-16-18(23)24-17(21-16)14-4-2-3-5-15(14)19/h2-10H,1H3,(H,20,22)/b16-10-. The van der Waals surface area contributed by atoms with Crippen LogP contribution in [-0.4, -0.2) is 17.8 Å². The first-order valence-electron chi connectivity index (χ1n) is 7.18. The van der Waals surface area contributed by atoms with Crippen LogP contribution in [0.25, 0.3) is 6.08 Å². The highest BCUT2D eigenvalue weighted by molar-refractivity contribution is 6.34. The summed E-state index contributed by atoms with van der Waals surface area (Å²) in [6.45, 7) is 1.44. The van der Waals surface area contributed by atoms with Gasteiger partial charge in [0.1, 0.15) is 0 Å². The lowest BCUT2D eigenvalue weighted by molar-refractivity contribution is -0.129. The first-order chi connectivity index (χ1) is 11.5. The van der Waals surface area contributed by atoms with Crippen LogP contribution in [0.5, 0.6) is 0 Å². The predicted octanol–water partition coefficient (Wildman–Crippen LogP) is 3.64. The first kappa shape index (κ1) is 16.0. The van der Waals surface area contributed by atoms with E-state index in [0.717, 1.165) is 5.56 Å². The number of nitrogens with zero attached hydrogens (tertiary/aromatic N) is 1. The van der Waals surface area contributed by atoms with E-state index in [0.29, 0.717) is 16.3 Å². The molecule has 0 saturated heterocycles. The molecule has 0 spiro atoms. The van der Waals surface area contributed by atoms with Crippen LogP contribution < -0.4 is 5.32 Å².